The van der Waals surface area contributed by atoms with Crippen LogP contribution in [-0.4, -0.2) is 51.1 Å². The summed E-state index contributed by atoms with van der Waals surface area (Å²) in [7, 11) is 0. The zero-order chi connectivity index (χ0) is 19.5. The first-order valence-corrected chi connectivity index (χ1v) is 10.4. The van der Waals surface area contributed by atoms with Gasteiger partial charge in [0.25, 0.3) is 0 Å². The van der Waals surface area contributed by atoms with Gasteiger partial charge in [-0.1, -0.05) is 0 Å². The lowest BCUT2D eigenvalue weighted by Gasteiger charge is -2.34. The summed E-state index contributed by atoms with van der Waals surface area (Å²) in [6.07, 6.45) is 15.7. The van der Waals surface area contributed by atoms with Crippen LogP contribution >= 0.6 is 0 Å². The van der Waals surface area contributed by atoms with Gasteiger partial charge in [-0.2, -0.15) is 0 Å². The fourth-order valence-corrected chi connectivity index (χ4v) is 4.38. The predicted molar refractivity (Wildman–Crippen MR) is 113 cm³/mol. The fourth-order valence-electron chi connectivity index (χ4n) is 4.38. The molecule has 0 N–H and O–H groups in total. The van der Waals surface area contributed by atoms with Crippen molar-refractivity contribution in [2.75, 3.05) is 36.0 Å². The molecule has 2 fully saturated rings. The highest BCUT2D eigenvalue weighted by molar-refractivity contribution is 5.66. The molecule has 2 saturated heterocycles. The van der Waals surface area contributed by atoms with Gasteiger partial charge in [-0.25, -0.2) is 15.0 Å². The van der Waals surface area contributed by atoms with Crippen molar-refractivity contribution >= 4 is 11.8 Å². The van der Waals surface area contributed by atoms with E-state index in [0.29, 0.717) is 5.92 Å². The van der Waals surface area contributed by atoms with Gasteiger partial charge in [0.2, 0.25) is 5.95 Å². The summed E-state index contributed by atoms with van der Waals surface area (Å²) < 4.78 is 0. The second-order valence-corrected chi connectivity index (χ2v) is 7.75. The van der Waals surface area contributed by atoms with E-state index in [2.05, 4.69) is 24.8 Å². The number of aromatic nitrogens is 5. The molecule has 29 heavy (non-hydrogen) atoms. The molecule has 5 heterocycles. The summed E-state index contributed by atoms with van der Waals surface area (Å²) in [4.78, 5) is 27.4. The van der Waals surface area contributed by atoms with Crippen LogP contribution in [0.2, 0.25) is 0 Å². The Balaban J connectivity index is 1.51. The molecule has 5 rings (SSSR count). The number of rotatable bonds is 4. The third kappa shape index (κ3) is 3.77. The number of hydrogen-bond donors (Lipinski definition) is 0. The Labute approximate surface area is 170 Å². The first-order valence-electron chi connectivity index (χ1n) is 10.4. The van der Waals surface area contributed by atoms with Crippen molar-refractivity contribution in [3.05, 3.63) is 55.0 Å². The Kier molecular flexibility index (Phi) is 5.02. The van der Waals surface area contributed by atoms with Crippen LogP contribution in [0.4, 0.5) is 11.8 Å². The van der Waals surface area contributed by atoms with Gasteiger partial charge in [0, 0.05) is 68.6 Å². The first kappa shape index (κ1) is 18.0. The van der Waals surface area contributed by atoms with Crippen LogP contribution in [-0.2, 0) is 0 Å². The minimum atomic E-state index is 0.332. The van der Waals surface area contributed by atoms with Crippen molar-refractivity contribution in [2.24, 2.45) is 0 Å². The topological polar surface area (TPSA) is 70.9 Å². The maximum absolute atomic E-state index is 5.11. The maximum Gasteiger partial charge on any atom is 0.225 e. The van der Waals surface area contributed by atoms with E-state index in [1.807, 2.05) is 36.9 Å². The summed E-state index contributed by atoms with van der Waals surface area (Å²) in [5.41, 5.74) is 3.38. The van der Waals surface area contributed by atoms with Crippen LogP contribution in [0, 0.1) is 0 Å². The summed E-state index contributed by atoms with van der Waals surface area (Å²) in [5.74, 6) is 2.14. The van der Waals surface area contributed by atoms with E-state index in [0.717, 1.165) is 67.6 Å². The molecular weight excluding hydrogens is 362 g/mol. The molecule has 2 aliphatic heterocycles. The minimum Gasteiger partial charge on any atom is -0.355 e. The molecule has 0 radical (unpaired) electrons. The standard InChI is InChI=1S/C22H25N7/c1-2-12-28(11-1)22-26-14-19(17-5-7-23-8-6-17)21(27-22)18-4-3-13-29(16-18)20-15-24-9-10-25-20/h5-10,14-15,18H,1-4,11-13,16H2/t18-/m0/s1. The zero-order valence-corrected chi connectivity index (χ0v) is 16.5. The molecule has 2 aliphatic rings. The van der Waals surface area contributed by atoms with Crippen LogP contribution < -0.4 is 9.80 Å². The van der Waals surface area contributed by atoms with Gasteiger partial charge >= 0.3 is 0 Å². The quantitative estimate of drug-likeness (QED) is 0.680. The number of piperidine rings is 1. The van der Waals surface area contributed by atoms with Gasteiger partial charge < -0.3 is 9.80 Å². The molecule has 0 aromatic carbocycles. The molecule has 3 aromatic heterocycles. The number of hydrogen-bond acceptors (Lipinski definition) is 7. The highest BCUT2D eigenvalue weighted by Gasteiger charge is 2.27. The summed E-state index contributed by atoms with van der Waals surface area (Å²) >= 11 is 0. The first-order chi connectivity index (χ1) is 14.4. The fraction of sp³-hybridized carbons (Fsp3) is 0.409. The van der Waals surface area contributed by atoms with Gasteiger partial charge in [-0.3, -0.25) is 9.97 Å². The van der Waals surface area contributed by atoms with Crippen LogP contribution in [0.3, 0.4) is 0 Å². The summed E-state index contributed by atoms with van der Waals surface area (Å²) in [6, 6.07) is 4.09. The van der Waals surface area contributed by atoms with Crippen molar-refractivity contribution in [1.82, 2.24) is 24.9 Å². The average molecular weight is 387 g/mol. The molecule has 148 valence electrons. The lowest BCUT2D eigenvalue weighted by molar-refractivity contribution is 0.498. The highest BCUT2D eigenvalue weighted by atomic mass is 15.3. The van der Waals surface area contributed by atoms with Crippen LogP contribution in [0.5, 0.6) is 0 Å². The molecule has 0 aliphatic carbocycles. The second kappa shape index (κ2) is 8.11. The van der Waals surface area contributed by atoms with Crippen molar-refractivity contribution in [1.29, 1.82) is 0 Å². The van der Waals surface area contributed by atoms with Crippen molar-refractivity contribution < 1.29 is 0 Å². The van der Waals surface area contributed by atoms with E-state index >= 15 is 0 Å². The molecule has 3 aromatic rings. The lowest BCUT2D eigenvalue weighted by atomic mass is 9.90. The lowest BCUT2D eigenvalue weighted by Crippen LogP contribution is -2.35. The van der Waals surface area contributed by atoms with Gasteiger partial charge in [-0.05, 0) is 43.4 Å². The average Bonchev–Trinajstić information content (AvgIpc) is 3.35. The van der Waals surface area contributed by atoms with Crippen molar-refractivity contribution in [3.63, 3.8) is 0 Å². The van der Waals surface area contributed by atoms with Crippen molar-refractivity contribution in [3.8, 4) is 11.1 Å². The van der Waals surface area contributed by atoms with E-state index < -0.39 is 0 Å². The van der Waals surface area contributed by atoms with Gasteiger partial charge in [0.15, 0.2) is 0 Å². The van der Waals surface area contributed by atoms with Crippen LogP contribution in [0.1, 0.15) is 37.3 Å². The molecule has 7 nitrogen and oxygen atoms in total. The third-order valence-electron chi connectivity index (χ3n) is 5.87. The molecule has 0 unspecified atom stereocenters. The van der Waals surface area contributed by atoms with Crippen LogP contribution in [0.15, 0.2) is 49.3 Å². The SMILES string of the molecule is c1cc(-c2cnc(N3CCCC3)nc2[C@H]2CCCN(c3cnccn3)C2)ccn1. The largest absolute Gasteiger partial charge is 0.355 e. The summed E-state index contributed by atoms with van der Waals surface area (Å²) in [5, 5.41) is 0. The number of anilines is 2. The molecule has 0 bridgehead atoms. The van der Waals surface area contributed by atoms with Gasteiger partial charge in [0.1, 0.15) is 5.82 Å². The number of pyridine rings is 1. The highest BCUT2D eigenvalue weighted by Crippen LogP contribution is 2.35. The van der Waals surface area contributed by atoms with E-state index in [1.165, 1.54) is 12.8 Å². The van der Waals surface area contributed by atoms with E-state index in [1.54, 1.807) is 12.4 Å². The number of nitrogens with zero attached hydrogens (tertiary/aromatic N) is 7. The van der Waals surface area contributed by atoms with E-state index in [4.69, 9.17) is 9.97 Å². The molecule has 0 spiro atoms. The monoisotopic (exact) mass is 387 g/mol. The zero-order valence-electron chi connectivity index (χ0n) is 16.5. The second-order valence-electron chi connectivity index (χ2n) is 7.75. The summed E-state index contributed by atoms with van der Waals surface area (Å²) in [6.45, 7) is 3.99. The van der Waals surface area contributed by atoms with Crippen LogP contribution in [0.25, 0.3) is 11.1 Å². The Morgan fingerprint density at radius 3 is 2.41 bits per heavy atom. The Morgan fingerprint density at radius 2 is 1.62 bits per heavy atom. The molecule has 0 amide bonds. The Hall–Kier alpha value is -3.09. The van der Waals surface area contributed by atoms with E-state index in [9.17, 15) is 0 Å². The van der Waals surface area contributed by atoms with E-state index in [-0.39, 0.29) is 0 Å². The minimum absolute atomic E-state index is 0.332. The Bertz CT molecular complexity index is 942. The van der Waals surface area contributed by atoms with Gasteiger partial charge in [0.05, 0.1) is 11.9 Å². The predicted octanol–water partition coefficient (Wildman–Crippen LogP) is 3.31. The molecule has 7 heteroatoms. The normalized spacial score (nSPS) is 19.5. The van der Waals surface area contributed by atoms with Crippen molar-refractivity contribution in [2.45, 2.75) is 31.6 Å². The van der Waals surface area contributed by atoms with Gasteiger partial charge in [-0.15, -0.1) is 0 Å². The smallest absolute Gasteiger partial charge is 0.225 e. The third-order valence-corrected chi connectivity index (χ3v) is 5.87. The Morgan fingerprint density at radius 1 is 0.793 bits per heavy atom. The molecular formula is C22H25N7. The molecule has 1 atom stereocenters. The maximum atomic E-state index is 5.11. The molecule has 0 saturated carbocycles.